The first-order valence-electron chi connectivity index (χ1n) is 7.50. The summed E-state index contributed by atoms with van der Waals surface area (Å²) >= 11 is 0. The Morgan fingerprint density at radius 2 is 2.08 bits per heavy atom. The van der Waals surface area contributed by atoms with Gasteiger partial charge in [-0.2, -0.15) is 18.3 Å². The lowest BCUT2D eigenvalue weighted by Crippen LogP contribution is -2.40. The predicted molar refractivity (Wildman–Crippen MR) is 86.9 cm³/mol. The van der Waals surface area contributed by atoms with Crippen LogP contribution in [0.2, 0.25) is 0 Å². The molecular formula is C15H16N6O2S. The van der Waals surface area contributed by atoms with E-state index in [1.807, 2.05) is 35.0 Å². The molecule has 2 aromatic heterocycles. The van der Waals surface area contributed by atoms with E-state index in [0.29, 0.717) is 12.2 Å². The lowest BCUT2D eigenvalue weighted by molar-refractivity contribution is 0.486. The molecule has 3 aromatic rings. The molecule has 0 saturated heterocycles. The van der Waals surface area contributed by atoms with Crippen LogP contribution in [0.15, 0.2) is 54.2 Å². The number of imidazole rings is 1. The monoisotopic (exact) mass is 344 g/mol. The summed E-state index contributed by atoms with van der Waals surface area (Å²) in [6.07, 6.45) is 7.29. The highest BCUT2D eigenvalue weighted by molar-refractivity contribution is 7.92. The van der Waals surface area contributed by atoms with Crippen molar-refractivity contribution in [3.05, 3.63) is 54.7 Å². The van der Waals surface area contributed by atoms with E-state index < -0.39 is 10.0 Å². The largest absolute Gasteiger partial charge is 0.332 e. The first kappa shape index (κ1) is 14.9. The fraction of sp³-hybridized carbons (Fsp3) is 0.267. The van der Waals surface area contributed by atoms with Crippen molar-refractivity contribution in [2.75, 3.05) is 10.8 Å². The first-order valence-corrected chi connectivity index (χ1v) is 8.94. The van der Waals surface area contributed by atoms with Crippen LogP contribution >= 0.6 is 0 Å². The quantitative estimate of drug-likeness (QED) is 0.708. The Balaban J connectivity index is 1.81. The lowest BCUT2D eigenvalue weighted by Gasteiger charge is -2.35. The number of anilines is 1. The van der Waals surface area contributed by atoms with Gasteiger partial charge in [-0.25, -0.2) is 4.98 Å². The standard InChI is InChI=1S/C15H16N6O2S/c1-19-17-9-15(18-19)24(22,23)21-10-13(20-7-6-16-11-20)8-12-4-2-3-5-14(12)21/h2-7,9,11,13H,8,10H2,1H3. The molecular weight excluding hydrogens is 328 g/mol. The third-order valence-corrected chi connectivity index (χ3v) is 5.81. The Labute approximate surface area is 139 Å². The van der Waals surface area contributed by atoms with Gasteiger partial charge in [0.05, 0.1) is 30.8 Å². The Kier molecular flexibility index (Phi) is 3.38. The number of sulfonamides is 1. The molecule has 1 atom stereocenters. The maximum absolute atomic E-state index is 13.1. The maximum atomic E-state index is 13.1. The third-order valence-electron chi connectivity index (χ3n) is 4.17. The van der Waals surface area contributed by atoms with Gasteiger partial charge in [-0.05, 0) is 18.1 Å². The second-order valence-electron chi connectivity index (χ2n) is 5.70. The molecule has 0 bridgehead atoms. The molecule has 1 aliphatic rings. The molecule has 1 aromatic carbocycles. The van der Waals surface area contributed by atoms with Crippen LogP contribution in [0.5, 0.6) is 0 Å². The molecule has 0 amide bonds. The van der Waals surface area contributed by atoms with E-state index in [4.69, 9.17) is 0 Å². The van der Waals surface area contributed by atoms with Crippen molar-refractivity contribution in [1.29, 1.82) is 0 Å². The number of benzene rings is 1. The number of hydrogen-bond donors (Lipinski definition) is 0. The van der Waals surface area contributed by atoms with Crippen LogP contribution in [-0.2, 0) is 23.5 Å². The highest BCUT2D eigenvalue weighted by Gasteiger charge is 2.35. The van der Waals surface area contributed by atoms with E-state index in [9.17, 15) is 8.42 Å². The molecule has 8 nitrogen and oxygen atoms in total. The number of aryl methyl sites for hydroxylation is 1. The average Bonchev–Trinajstić information content (AvgIpc) is 3.25. The molecule has 9 heteroatoms. The van der Waals surface area contributed by atoms with Crippen LogP contribution in [0.1, 0.15) is 11.6 Å². The Morgan fingerprint density at radius 3 is 2.79 bits per heavy atom. The highest BCUT2D eigenvalue weighted by Crippen LogP contribution is 2.35. The second kappa shape index (κ2) is 5.45. The smallest absolute Gasteiger partial charge is 0.285 e. The van der Waals surface area contributed by atoms with Gasteiger partial charge in [0.1, 0.15) is 0 Å². The number of para-hydroxylation sites is 1. The van der Waals surface area contributed by atoms with Gasteiger partial charge in [0.2, 0.25) is 5.03 Å². The number of nitrogens with zero attached hydrogens (tertiary/aromatic N) is 6. The van der Waals surface area contributed by atoms with Crippen LogP contribution in [0.25, 0.3) is 0 Å². The Morgan fingerprint density at radius 1 is 1.25 bits per heavy atom. The summed E-state index contributed by atoms with van der Waals surface area (Å²) in [6.45, 7) is 0.326. The summed E-state index contributed by atoms with van der Waals surface area (Å²) in [6, 6.07) is 7.52. The molecule has 0 aliphatic carbocycles. The molecule has 24 heavy (non-hydrogen) atoms. The Bertz CT molecular complexity index is 964. The fourth-order valence-corrected chi connectivity index (χ4v) is 4.44. The van der Waals surface area contributed by atoms with E-state index in [2.05, 4.69) is 15.2 Å². The zero-order chi connectivity index (χ0) is 16.7. The van der Waals surface area contributed by atoms with E-state index in [0.717, 1.165) is 12.0 Å². The minimum absolute atomic E-state index is 0.0196. The molecule has 0 spiro atoms. The van der Waals surface area contributed by atoms with Gasteiger partial charge in [0.25, 0.3) is 10.0 Å². The van der Waals surface area contributed by atoms with Crippen LogP contribution < -0.4 is 4.31 Å². The van der Waals surface area contributed by atoms with Crippen molar-refractivity contribution >= 4 is 15.7 Å². The summed E-state index contributed by atoms with van der Waals surface area (Å²) in [5.74, 6) is 0. The summed E-state index contributed by atoms with van der Waals surface area (Å²) in [5, 5.41) is 7.81. The molecule has 0 N–H and O–H groups in total. The molecule has 1 unspecified atom stereocenters. The van der Waals surface area contributed by atoms with Gasteiger partial charge in [0, 0.05) is 19.4 Å². The second-order valence-corrected chi connectivity index (χ2v) is 7.51. The van der Waals surface area contributed by atoms with Gasteiger partial charge < -0.3 is 4.57 Å². The summed E-state index contributed by atoms with van der Waals surface area (Å²) in [4.78, 5) is 5.32. The molecule has 0 saturated carbocycles. The predicted octanol–water partition coefficient (Wildman–Crippen LogP) is 1.00. The van der Waals surface area contributed by atoms with Crippen molar-refractivity contribution < 1.29 is 8.42 Å². The van der Waals surface area contributed by atoms with E-state index in [1.54, 1.807) is 19.6 Å². The minimum atomic E-state index is -3.77. The van der Waals surface area contributed by atoms with Gasteiger partial charge in [0.15, 0.2) is 0 Å². The first-order chi connectivity index (χ1) is 11.6. The zero-order valence-electron chi connectivity index (χ0n) is 13.0. The van der Waals surface area contributed by atoms with E-state index >= 15 is 0 Å². The average molecular weight is 344 g/mol. The summed E-state index contributed by atoms with van der Waals surface area (Å²) in [5.41, 5.74) is 1.68. The molecule has 1 aliphatic heterocycles. The van der Waals surface area contributed by atoms with Crippen molar-refractivity contribution in [1.82, 2.24) is 24.5 Å². The van der Waals surface area contributed by atoms with Crippen molar-refractivity contribution in [2.45, 2.75) is 17.5 Å². The molecule has 124 valence electrons. The van der Waals surface area contributed by atoms with Crippen molar-refractivity contribution in [3.63, 3.8) is 0 Å². The lowest BCUT2D eigenvalue weighted by atomic mass is 10.00. The zero-order valence-corrected chi connectivity index (χ0v) is 13.8. The van der Waals surface area contributed by atoms with Gasteiger partial charge in [-0.3, -0.25) is 4.31 Å². The number of rotatable bonds is 3. The molecule has 0 fully saturated rings. The number of fused-ring (bicyclic) bond motifs is 1. The fourth-order valence-electron chi connectivity index (χ4n) is 3.01. The van der Waals surface area contributed by atoms with Crippen LogP contribution in [-0.4, -0.2) is 39.5 Å². The normalized spacial score (nSPS) is 17.7. The van der Waals surface area contributed by atoms with Gasteiger partial charge in [-0.15, -0.1) is 5.10 Å². The number of hydrogen-bond acceptors (Lipinski definition) is 5. The summed E-state index contributed by atoms with van der Waals surface area (Å²) < 4.78 is 29.5. The van der Waals surface area contributed by atoms with E-state index in [-0.39, 0.29) is 11.1 Å². The van der Waals surface area contributed by atoms with Crippen LogP contribution in [0.4, 0.5) is 5.69 Å². The van der Waals surface area contributed by atoms with Gasteiger partial charge in [-0.1, -0.05) is 18.2 Å². The van der Waals surface area contributed by atoms with Crippen molar-refractivity contribution in [2.24, 2.45) is 7.05 Å². The summed E-state index contributed by atoms with van der Waals surface area (Å²) in [7, 11) is -2.18. The molecule has 0 radical (unpaired) electrons. The highest BCUT2D eigenvalue weighted by atomic mass is 32.2. The molecule has 3 heterocycles. The van der Waals surface area contributed by atoms with Crippen LogP contribution in [0, 0.1) is 0 Å². The van der Waals surface area contributed by atoms with Gasteiger partial charge >= 0.3 is 0 Å². The maximum Gasteiger partial charge on any atom is 0.285 e. The number of aromatic nitrogens is 5. The minimum Gasteiger partial charge on any atom is -0.332 e. The van der Waals surface area contributed by atoms with Crippen LogP contribution in [0.3, 0.4) is 0 Å². The van der Waals surface area contributed by atoms with Crippen molar-refractivity contribution in [3.8, 4) is 0 Å². The molecule has 4 rings (SSSR count). The third kappa shape index (κ3) is 2.37. The Hall–Kier alpha value is -2.68. The van der Waals surface area contributed by atoms with E-state index in [1.165, 1.54) is 15.3 Å². The SMILES string of the molecule is Cn1ncc(S(=O)(=O)N2CC(n3ccnc3)Cc3ccccc32)n1. The topological polar surface area (TPSA) is 85.9 Å².